The van der Waals surface area contributed by atoms with Crippen LogP contribution in [0.3, 0.4) is 0 Å². The highest BCUT2D eigenvalue weighted by molar-refractivity contribution is 7.71. The Balaban J connectivity index is 1.39. The van der Waals surface area contributed by atoms with Crippen molar-refractivity contribution in [3.8, 4) is 40.3 Å². The molecule has 0 spiro atoms. The fourth-order valence-corrected chi connectivity index (χ4v) is 9.65. The molecule has 11 nitrogen and oxygen atoms in total. The molecule has 13 heteroatoms. The van der Waals surface area contributed by atoms with E-state index in [1.165, 1.54) is 18.3 Å². The average molecular weight is 885 g/mol. The zero-order chi connectivity index (χ0) is 44.3. The number of para-hydroxylation sites is 4. The summed E-state index contributed by atoms with van der Waals surface area (Å²) in [6.07, 6.45) is 6.68. The highest BCUT2D eigenvalue weighted by Crippen LogP contribution is 2.42. The third-order valence-corrected chi connectivity index (χ3v) is 12.6. The Bertz CT molecular complexity index is 3040. The van der Waals surface area contributed by atoms with Crippen molar-refractivity contribution in [1.29, 1.82) is 0 Å². The normalized spacial score (nSPS) is 14.1. The second-order valence-electron chi connectivity index (χ2n) is 15.6. The van der Waals surface area contributed by atoms with Crippen LogP contribution < -0.4 is 15.9 Å². The number of likely N-dealkylation sites (tertiary alicyclic amines) is 1. The van der Waals surface area contributed by atoms with Gasteiger partial charge in [0.1, 0.15) is 5.75 Å². The number of nitrogens with zero attached hydrogens (tertiary/aromatic N) is 6. The maximum Gasteiger partial charge on any atom is 0.266 e. The van der Waals surface area contributed by atoms with Crippen molar-refractivity contribution >= 4 is 24.4 Å². The molecule has 5 aromatic carbocycles. The topological polar surface area (TPSA) is 120 Å². The molecule has 0 aliphatic carbocycles. The Labute approximate surface area is 379 Å². The van der Waals surface area contributed by atoms with Gasteiger partial charge >= 0.3 is 0 Å². The Kier molecular flexibility index (Phi) is 12.0. The van der Waals surface area contributed by atoms with Crippen LogP contribution in [-0.4, -0.2) is 52.0 Å². The summed E-state index contributed by atoms with van der Waals surface area (Å²) in [5.74, 6) is -1.82. The van der Waals surface area contributed by atoms with E-state index in [2.05, 4.69) is 16.0 Å². The first kappa shape index (κ1) is 42.1. The molecule has 0 bridgehead atoms. The molecule has 320 valence electrons. The largest absolute Gasteiger partial charge is 0.496 e. The van der Waals surface area contributed by atoms with Crippen molar-refractivity contribution in [1.82, 2.24) is 28.2 Å². The molecule has 0 radical (unpaired) electrons. The summed E-state index contributed by atoms with van der Waals surface area (Å²) in [5, 5.41) is 25.6. The summed E-state index contributed by atoms with van der Waals surface area (Å²) >= 11 is 12.1. The van der Waals surface area contributed by atoms with Gasteiger partial charge in [-0.1, -0.05) is 91.3 Å². The summed E-state index contributed by atoms with van der Waals surface area (Å²) in [7, 11) is 1.61. The highest BCUT2D eigenvalue weighted by Gasteiger charge is 2.36. The zero-order valence-electron chi connectivity index (χ0n) is 34.9. The Hall–Kier alpha value is -7.19. The zero-order valence-corrected chi connectivity index (χ0v) is 36.5. The number of aromatic hydroxyl groups is 2. The first-order chi connectivity index (χ1) is 31.3. The molecule has 0 saturated carbocycles. The number of benzene rings is 5. The van der Waals surface area contributed by atoms with E-state index in [-0.39, 0.29) is 26.7 Å². The van der Waals surface area contributed by atoms with Crippen LogP contribution in [0.15, 0.2) is 174 Å². The molecule has 1 saturated heterocycles. The van der Waals surface area contributed by atoms with Crippen molar-refractivity contribution in [3.05, 3.63) is 222 Å². The summed E-state index contributed by atoms with van der Waals surface area (Å²) < 4.78 is 11.5. The lowest BCUT2D eigenvalue weighted by molar-refractivity contribution is 0.139. The van der Waals surface area contributed by atoms with Gasteiger partial charge in [-0.25, -0.2) is 0 Å². The van der Waals surface area contributed by atoms with E-state index < -0.39 is 28.8 Å². The number of hydrogen-bond acceptors (Lipinski definition) is 9. The van der Waals surface area contributed by atoms with Gasteiger partial charge in [0.15, 0.2) is 9.54 Å². The van der Waals surface area contributed by atoms with E-state index in [9.17, 15) is 10.2 Å². The predicted molar refractivity (Wildman–Crippen MR) is 253 cm³/mol. The van der Waals surface area contributed by atoms with Gasteiger partial charge in [0, 0.05) is 30.5 Å². The molecule has 0 unspecified atom stereocenters. The highest BCUT2D eigenvalue weighted by atomic mass is 32.1. The maximum absolute atomic E-state index is 15.6. The van der Waals surface area contributed by atoms with E-state index in [4.69, 9.17) is 29.2 Å². The molecule has 8 aromatic rings. The monoisotopic (exact) mass is 884 g/mol. The third kappa shape index (κ3) is 7.78. The minimum absolute atomic E-state index is 0.00413. The molecule has 1 atom stereocenters. The van der Waals surface area contributed by atoms with Crippen molar-refractivity contribution in [2.45, 2.75) is 37.8 Å². The van der Waals surface area contributed by atoms with Crippen molar-refractivity contribution in [2.75, 3.05) is 13.7 Å². The number of ether oxygens (including phenoxy) is 1. The van der Waals surface area contributed by atoms with Crippen LogP contribution in [0, 0.1) is 9.54 Å². The number of hydrogen-bond donors (Lipinski definition) is 2. The average Bonchev–Trinajstić information content (AvgIpc) is 3.33. The molecule has 1 aliphatic rings. The molecule has 64 heavy (non-hydrogen) atoms. The lowest BCUT2D eigenvalue weighted by atomic mass is 9.85. The number of methoxy groups -OCH3 is 1. The smallest absolute Gasteiger partial charge is 0.266 e. The van der Waals surface area contributed by atoms with Crippen LogP contribution in [0.5, 0.6) is 17.5 Å². The van der Waals surface area contributed by atoms with Gasteiger partial charge < -0.3 is 14.9 Å². The standard InChI is InChI=1S/C51H44N6O5S2/c1-62-42-28-27-34(31-36(42)33-53-30-15-14-26-41(53)35-17-16-29-52-32-35)43(44-46(58)54(37-18-6-2-7-19-37)50(63)55(47(44)59)38-20-8-3-9-21-38)45-48(60)56(39-22-10-4-11-23-39)51(64)57(49(45)61)40-24-12-5-13-25-40/h2-13,16-25,27-29,31-32,41,43,58,60H,14-15,26,30,33H2,1H3/t41-/m1/s1. The van der Waals surface area contributed by atoms with Crippen molar-refractivity contribution in [3.63, 3.8) is 0 Å². The van der Waals surface area contributed by atoms with Gasteiger partial charge in [-0.3, -0.25) is 37.7 Å². The quantitative estimate of drug-likeness (QED) is 0.122. The van der Waals surface area contributed by atoms with Crippen LogP contribution in [0.2, 0.25) is 0 Å². The minimum atomic E-state index is -1.42. The second kappa shape index (κ2) is 18.3. The van der Waals surface area contributed by atoms with Crippen LogP contribution in [0.1, 0.15) is 59.0 Å². The van der Waals surface area contributed by atoms with Gasteiger partial charge in [0.05, 0.1) is 46.9 Å². The number of aromatic nitrogens is 5. The first-order valence-electron chi connectivity index (χ1n) is 21.0. The second-order valence-corrected chi connectivity index (χ2v) is 16.3. The van der Waals surface area contributed by atoms with Gasteiger partial charge in [-0.15, -0.1) is 0 Å². The number of rotatable bonds is 11. The van der Waals surface area contributed by atoms with E-state index in [0.717, 1.165) is 36.9 Å². The molecule has 4 heterocycles. The molecule has 2 N–H and O–H groups in total. The summed E-state index contributed by atoms with van der Waals surface area (Å²) in [4.78, 5) is 38.0. The summed E-state index contributed by atoms with van der Waals surface area (Å²) in [6.45, 7) is 1.27. The molecule has 1 aliphatic heterocycles. The van der Waals surface area contributed by atoms with Crippen molar-refractivity contribution < 1.29 is 14.9 Å². The molecule has 1 fully saturated rings. The molecule has 3 aromatic heterocycles. The van der Waals surface area contributed by atoms with Gasteiger partial charge in [0.2, 0.25) is 11.8 Å². The summed E-state index contributed by atoms with van der Waals surface area (Å²) in [6, 6.07) is 45.4. The van der Waals surface area contributed by atoms with E-state index in [1.54, 1.807) is 123 Å². The van der Waals surface area contributed by atoms with Gasteiger partial charge in [0.25, 0.3) is 11.1 Å². The summed E-state index contributed by atoms with van der Waals surface area (Å²) in [5.41, 5.74) is 2.37. The van der Waals surface area contributed by atoms with Crippen LogP contribution in [0.25, 0.3) is 22.7 Å². The minimum Gasteiger partial charge on any atom is -0.496 e. The SMILES string of the molecule is COc1ccc(C(c2c(O)n(-c3ccccc3)c(=S)n(-c3ccccc3)c2=O)c2c(O)n(-c3ccccc3)c(=S)n(-c3ccccc3)c2=O)cc1CN1CCCC[C@@H]1c1cccnc1. The Morgan fingerprint density at radius 1 is 0.641 bits per heavy atom. The Morgan fingerprint density at radius 3 is 1.58 bits per heavy atom. The van der Waals surface area contributed by atoms with Crippen molar-refractivity contribution in [2.24, 2.45) is 0 Å². The van der Waals surface area contributed by atoms with Crippen LogP contribution in [0.4, 0.5) is 0 Å². The molecule has 9 rings (SSSR count). The third-order valence-electron chi connectivity index (χ3n) is 11.9. The maximum atomic E-state index is 15.6. The Morgan fingerprint density at radius 2 is 1.12 bits per heavy atom. The number of pyridine rings is 1. The van der Waals surface area contributed by atoms with Crippen LogP contribution in [-0.2, 0) is 6.54 Å². The van der Waals surface area contributed by atoms with Gasteiger partial charge in [-0.2, -0.15) is 0 Å². The number of piperidine rings is 1. The van der Waals surface area contributed by atoms with Gasteiger partial charge in [-0.05, 0) is 122 Å². The van der Waals surface area contributed by atoms with E-state index in [1.807, 2.05) is 42.6 Å². The fraction of sp³-hybridized carbons (Fsp3) is 0.157. The fourth-order valence-electron chi connectivity index (χ4n) is 8.89. The molecular weight excluding hydrogens is 841 g/mol. The molecular formula is C51H44N6O5S2. The van der Waals surface area contributed by atoms with E-state index >= 15 is 9.59 Å². The lowest BCUT2D eigenvalue weighted by Crippen LogP contribution is -2.34. The predicted octanol–water partition coefficient (Wildman–Crippen LogP) is 9.75. The van der Waals surface area contributed by atoms with E-state index in [0.29, 0.717) is 40.6 Å². The van der Waals surface area contributed by atoms with Crippen LogP contribution >= 0.6 is 24.4 Å². The lowest BCUT2D eigenvalue weighted by Gasteiger charge is -2.36. The molecule has 0 amide bonds. The first-order valence-corrected chi connectivity index (χ1v) is 21.8.